The van der Waals surface area contributed by atoms with Gasteiger partial charge in [-0.3, -0.25) is 4.79 Å². The van der Waals surface area contributed by atoms with Gasteiger partial charge in [-0.2, -0.15) is 5.10 Å². The van der Waals surface area contributed by atoms with Crippen molar-refractivity contribution in [2.75, 3.05) is 20.3 Å². The number of ether oxygens (including phenoxy) is 4. The number of halogens is 3. The number of hydrogen-bond donors (Lipinski definition) is 1. The number of amides is 1. The van der Waals surface area contributed by atoms with Gasteiger partial charge in [0.15, 0.2) is 23.0 Å². The number of hydrazone groups is 1. The summed E-state index contributed by atoms with van der Waals surface area (Å²) < 4.78 is 23.4. The third kappa shape index (κ3) is 8.02. The van der Waals surface area contributed by atoms with Crippen molar-refractivity contribution in [3.05, 3.63) is 79.7 Å². The molecule has 0 spiro atoms. The maximum Gasteiger partial charge on any atom is 0.271 e. The normalized spacial score (nSPS) is 10.9. The zero-order valence-electron chi connectivity index (χ0n) is 20.6. The van der Waals surface area contributed by atoms with E-state index in [0.717, 1.165) is 12.0 Å². The minimum absolute atomic E-state index is 0.223. The summed E-state index contributed by atoms with van der Waals surface area (Å²) in [5.41, 5.74) is 4.39. The van der Waals surface area contributed by atoms with E-state index in [1.807, 2.05) is 13.8 Å². The van der Waals surface area contributed by atoms with Crippen LogP contribution in [0.25, 0.3) is 0 Å². The van der Waals surface area contributed by atoms with Crippen molar-refractivity contribution in [3.63, 3.8) is 0 Å². The van der Waals surface area contributed by atoms with Gasteiger partial charge in [0.1, 0.15) is 6.61 Å². The van der Waals surface area contributed by atoms with Crippen LogP contribution in [0.1, 0.15) is 41.8 Å². The maximum absolute atomic E-state index is 12.6. The smallest absolute Gasteiger partial charge is 0.271 e. The van der Waals surface area contributed by atoms with E-state index >= 15 is 0 Å². The third-order valence-corrected chi connectivity index (χ3v) is 6.16. The zero-order chi connectivity index (χ0) is 26.8. The van der Waals surface area contributed by atoms with Crippen molar-refractivity contribution in [2.24, 2.45) is 5.10 Å². The molecule has 10 heteroatoms. The summed E-state index contributed by atoms with van der Waals surface area (Å²) in [6, 6.07) is 13.8. The standard InChI is InChI=1S/C27H27BrCl2N2O5/c1-4-10-36-23-9-7-18(13-24(23)35-5-2)27(33)32-31-15-17-11-21(28)26(25(12-17)34-3)37-16-19-6-8-20(29)14-22(19)30/h6-9,11-15H,4-5,10,16H2,1-3H3,(H,32,33)/b31-15+. The predicted molar refractivity (Wildman–Crippen MR) is 150 cm³/mol. The SMILES string of the molecule is CCCOc1ccc(C(=O)N/N=C/c2cc(Br)c(OCc3ccc(Cl)cc3Cl)c(OC)c2)cc1OCC. The van der Waals surface area contributed by atoms with Gasteiger partial charge in [0.2, 0.25) is 0 Å². The van der Waals surface area contributed by atoms with E-state index in [1.165, 1.54) is 13.3 Å². The highest BCUT2D eigenvalue weighted by atomic mass is 79.9. The van der Waals surface area contributed by atoms with Gasteiger partial charge in [-0.25, -0.2) is 5.43 Å². The number of nitrogens with zero attached hydrogens (tertiary/aromatic N) is 1. The Labute approximate surface area is 234 Å². The number of benzene rings is 3. The molecule has 0 saturated carbocycles. The lowest BCUT2D eigenvalue weighted by Gasteiger charge is -2.14. The second-order valence-electron chi connectivity index (χ2n) is 7.70. The van der Waals surface area contributed by atoms with Crippen molar-refractivity contribution < 1.29 is 23.7 Å². The van der Waals surface area contributed by atoms with Crippen molar-refractivity contribution in [1.29, 1.82) is 0 Å². The first-order valence-electron chi connectivity index (χ1n) is 11.5. The fourth-order valence-electron chi connectivity index (χ4n) is 3.22. The van der Waals surface area contributed by atoms with Gasteiger partial charge < -0.3 is 18.9 Å². The van der Waals surface area contributed by atoms with Gasteiger partial charge in [-0.1, -0.05) is 36.2 Å². The lowest BCUT2D eigenvalue weighted by molar-refractivity contribution is 0.0954. The predicted octanol–water partition coefficient (Wildman–Crippen LogP) is 7.29. The maximum atomic E-state index is 12.6. The quantitative estimate of drug-likeness (QED) is 0.172. The molecule has 0 heterocycles. The fourth-order valence-corrected chi connectivity index (χ4v) is 4.26. The number of nitrogens with one attached hydrogen (secondary N) is 1. The number of methoxy groups -OCH3 is 1. The minimum atomic E-state index is -0.384. The van der Waals surface area contributed by atoms with Crippen LogP contribution in [0, 0.1) is 0 Å². The van der Waals surface area contributed by atoms with Crippen LogP contribution in [0.4, 0.5) is 0 Å². The molecule has 0 aliphatic carbocycles. The lowest BCUT2D eigenvalue weighted by atomic mass is 10.2. The van der Waals surface area contributed by atoms with E-state index in [4.69, 9.17) is 42.1 Å². The first-order chi connectivity index (χ1) is 17.9. The van der Waals surface area contributed by atoms with Crippen LogP contribution in [0.15, 0.2) is 58.1 Å². The van der Waals surface area contributed by atoms with Gasteiger partial charge in [-0.15, -0.1) is 0 Å². The molecule has 37 heavy (non-hydrogen) atoms. The van der Waals surface area contributed by atoms with Crippen LogP contribution in [0.5, 0.6) is 23.0 Å². The Morgan fingerprint density at radius 3 is 2.51 bits per heavy atom. The molecule has 1 amide bonds. The molecule has 0 aliphatic heterocycles. The van der Waals surface area contributed by atoms with E-state index in [1.54, 1.807) is 48.5 Å². The molecule has 0 saturated heterocycles. The molecule has 0 unspecified atom stereocenters. The molecule has 0 radical (unpaired) electrons. The highest BCUT2D eigenvalue weighted by Crippen LogP contribution is 2.37. The average molecular weight is 610 g/mol. The van der Waals surface area contributed by atoms with Gasteiger partial charge >= 0.3 is 0 Å². The number of carbonyl (C=O) groups excluding carboxylic acids is 1. The van der Waals surface area contributed by atoms with Crippen molar-refractivity contribution in [2.45, 2.75) is 26.9 Å². The second-order valence-corrected chi connectivity index (χ2v) is 9.40. The van der Waals surface area contributed by atoms with E-state index in [0.29, 0.717) is 61.9 Å². The second kappa shape index (κ2) is 14.1. The van der Waals surface area contributed by atoms with Crippen LogP contribution >= 0.6 is 39.1 Å². The molecule has 7 nitrogen and oxygen atoms in total. The van der Waals surface area contributed by atoms with E-state index in [9.17, 15) is 4.79 Å². The van der Waals surface area contributed by atoms with Crippen LogP contribution < -0.4 is 24.4 Å². The van der Waals surface area contributed by atoms with E-state index in [-0.39, 0.29) is 12.5 Å². The van der Waals surface area contributed by atoms with Gasteiger partial charge in [0.25, 0.3) is 5.91 Å². The summed E-state index contributed by atoms with van der Waals surface area (Å²) in [4.78, 5) is 12.6. The Kier molecular flexibility index (Phi) is 10.9. The molecule has 3 rings (SSSR count). The van der Waals surface area contributed by atoms with Crippen molar-refractivity contribution in [3.8, 4) is 23.0 Å². The lowest BCUT2D eigenvalue weighted by Crippen LogP contribution is -2.17. The fraction of sp³-hybridized carbons (Fsp3) is 0.259. The molecule has 196 valence electrons. The highest BCUT2D eigenvalue weighted by Gasteiger charge is 2.14. The molecule has 0 aromatic heterocycles. The first kappa shape index (κ1) is 28.6. The van der Waals surface area contributed by atoms with Crippen LogP contribution in [-0.2, 0) is 6.61 Å². The Bertz CT molecular complexity index is 1270. The molecule has 0 fully saturated rings. The van der Waals surface area contributed by atoms with Crippen LogP contribution in [-0.4, -0.2) is 32.4 Å². The molecule has 3 aromatic carbocycles. The van der Waals surface area contributed by atoms with Crippen molar-refractivity contribution in [1.82, 2.24) is 5.43 Å². The van der Waals surface area contributed by atoms with E-state index in [2.05, 4.69) is 26.5 Å². The van der Waals surface area contributed by atoms with Crippen LogP contribution in [0.2, 0.25) is 10.0 Å². The van der Waals surface area contributed by atoms with Gasteiger partial charge in [0.05, 0.1) is 31.0 Å². The van der Waals surface area contributed by atoms with Gasteiger partial charge in [-0.05, 0) is 77.3 Å². The summed E-state index contributed by atoms with van der Waals surface area (Å²) in [7, 11) is 1.54. The third-order valence-electron chi connectivity index (χ3n) is 4.99. The summed E-state index contributed by atoms with van der Waals surface area (Å²) >= 11 is 15.7. The minimum Gasteiger partial charge on any atom is -0.493 e. The Morgan fingerprint density at radius 1 is 1.00 bits per heavy atom. The summed E-state index contributed by atoms with van der Waals surface area (Å²) in [6.07, 6.45) is 2.38. The van der Waals surface area contributed by atoms with Gasteiger partial charge in [0, 0.05) is 21.2 Å². The van der Waals surface area contributed by atoms with E-state index < -0.39 is 0 Å². The molecule has 3 aromatic rings. The zero-order valence-corrected chi connectivity index (χ0v) is 23.7. The highest BCUT2D eigenvalue weighted by molar-refractivity contribution is 9.10. The topological polar surface area (TPSA) is 78.4 Å². The number of rotatable bonds is 12. The first-order valence-corrected chi connectivity index (χ1v) is 13.1. The largest absolute Gasteiger partial charge is 0.493 e. The molecule has 0 aliphatic rings. The van der Waals surface area contributed by atoms with Crippen molar-refractivity contribution >= 4 is 51.3 Å². The average Bonchev–Trinajstić information content (AvgIpc) is 2.88. The summed E-state index contributed by atoms with van der Waals surface area (Å²) in [5.74, 6) is 1.71. The Balaban J connectivity index is 1.69. The molecule has 0 bridgehead atoms. The molecule has 0 atom stereocenters. The molecule has 1 N–H and O–H groups in total. The number of carbonyl (C=O) groups is 1. The van der Waals surface area contributed by atoms with Crippen LogP contribution in [0.3, 0.4) is 0 Å². The monoisotopic (exact) mass is 608 g/mol. The Morgan fingerprint density at radius 2 is 1.81 bits per heavy atom. The summed E-state index contributed by atoms with van der Waals surface area (Å²) in [5, 5.41) is 5.15. The Hall–Kier alpha value is -2.94. The molecular weight excluding hydrogens is 583 g/mol. The molecular formula is C27H27BrCl2N2O5. The number of hydrogen-bond acceptors (Lipinski definition) is 6. The summed E-state index contributed by atoms with van der Waals surface area (Å²) in [6.45, 7) is 5.13.